The maximum absolute atomic E-state index is 11.1. The summed E-state index contributed by atoms with van der Waals surface area (Å²) in [4.78, 5) is 11.1. The van der Waals surface area contributed by atoms with Crippen molar-refractivity contribution in [3.05, 3.63) is 0 Å². The fourth-order valence-corrected chi connectivity index (χ4v) is 1.21. The van der Waals surface area contributed by atoms with Gasteiger partial charge in [-0.3, -0.25) is 4.79 Å². The van der Waals surface area contributed by atoms with E-state index in [9.17, 15) is 4.79 Å². The Hall–Kier alpha value is -1.04. The normalized spacial score (nSPS) is 27.5. The Morgan fingerprint density at radius 3 is 2.58 bits per heavy atom. The summed E-state index contributed by atoms with van der Waals surface area (Å²) in [6.45, 7) is 3.74. The molecule has 3 nitrogen and oxygen atoms in total. The smallest absolute Gasteiger partial charge is 0.222 e. The Labute approximate surface area is 72.8 Å². The first-order valence-corrected chi connectivity index (χ1v) is 4.33. The molecule has 0 radical (unpaired) electrons. The molecule has 0 unspecified atom stereocenters. The predicted octanol–water partition coefficient (Wildman–Crippen LogP) is 1.06. The first-order valence-electron chi connectivity index (χ1n) is 4.33. The average Bonchev–Trinajstić information content (AvgIpc) is 1.94. The van der Waals surface area contributed by atoms with Crippen molar-refractivity contribution in [3.63, 3.8) is 0 Å². The standard InChI is InChI=1S/C9H14N2O/c1-6(2)9(12)11-8-3-7(4-8)5-10/h6-8H,3-4H2,1-2H3,(H,11,12)/t7-,8+. The zero-order valence-corrected chi connectivity index (χ0v) is 7.50. The van der Waals surface area contributed by atoms with Gasteiger partial charge in [0.25, 0.3) is 0 Å². The lowest BCUT2D eigenvalue weighted by molar-refractivity contribution is -0.125. The topological polar surface area (TPSA) is 52.9 Å². The summed E-state index contributed by atoms with van der Waals surface area (Å²) < 4.78 is 0. The molecule has 0 spiro atoms. The molecule has 0 aromatic carbocycles. The van der Waals surface area contributed by atoms with Gasteiger partial charge in [-0.05, 0) is 12.8 Å². The average molecular weight is 166 g/mol. The van der Waals surface area contributed by atoms with E-state index in [-0.39, 0.29) is 23.8 Å². The van der Waals surface area contributed by atoms with Crippen LogP contribution in [-0.2, 0) is 4.79 Å². The van der Waals surface area contributed by atoms with E-state index < -0.39 is 0 Å². The van der Waals surface area contributed by atoms with Crippen molar-refractivity contribution in [1.82, 2.24) is 5.32 Å². The molecule has 0 aromatic rings. The molecule has 1 N–H and O–H groups in total. The lowest BCUT2D eigenvalue weighted by Gasteiger charge is -2.31. The van der Waals surface area contributed by atoms with E-state index >= 15 is 0 Å². The van der Waals surface area contributed by atoms with Crippen LogP contribution in [0.2, 0.25) is 0 Å². The van der Waals surface area contributed by atoms with Crippen molar-refractivity contribution < 1.29 is 4.79 Å². The van der Waals surface area contributed by atoms with Gasteiger partial charge in [-0.25, -0.2) is 0 Å². The zero-order valence-electron chi connectivity index (χ0n) is 7.50. The molecule has 0 bridgehead atoms. The number of nitrogens with one attached hydrogen (secondary N) is 1. The molecule has 0 atom stereocenters. The monoisotopic (exact) mass is 166 g/mol. The van der Waals surface area contributed by atoms with Crippen molar-refractivity contribution in [1.29, 1.82) is 5.26 Å². The Bertz CT molecular complexity index is 211. The Kier molecular flexibility index (Phi) is 2.69. The highest BCUT2D eigenvalue weighted by atomic mass is 16.1. The van der Waals surface area contributed by atoms with Crippen LogP contribution >= 0.6 is 0 Å². The molecule has 3 heteroatoms. The molecule has 0 aliphatic heterocycles. The van der Waals surface area contributed by atoms with E-state index in [1.54, 1.807) is 0 Å². The van der Waals surface area contributed by atoms with Crippen molar-refractivity contribution in [3.8, 4) is 6.07 Å². The number of rotatable bonds is 2. The van der Waals surface area contributed by atoms with Crippen molar-refractivity contribution >= 4 is 5.91 Å². The second-order valence-corrected chi connectivity index (χ2v) is 3.66. The minimum Gasteiger partial charge on any atom is -0.353 e. The molecular formula is C9H14N2O. The molecule has 1 amide bonds. The third kappa shape index (κ3) is 1.97. The summed E-state index contributed by atoms with van der Waals surface area (Å²) in [6.07, 6.45) is 1.66. The van der Waals surface area contributed by atoms with Crippen molar-refractivity contribution in [2.75, 3.05) is 0 Å². The fraction of sp³-hybridized carbons (Fsp3) is 0.778. The Balaban J connectivity index is 2.20. The van der Waals surface area contributed by atoms with Gasteiger partial charge in [0.15, 0.2) is 0 Å². The summed E-state index contributed by atoms with van der Waals surface area (Å²) in [5.74, 6) is 0.310. The molecule has 0 saturated heterocycles. The molecule has 1 aliphatic rings. The SMILES string of the molecule is CC(C)C(=O)N[C@H]1C[C@@H](C#N)C1. The van der Waals surface area contributed by atoms with Gasteiger partial charge in [-0.2, -0.15) is 5.26 Å². The van der Waals surface area contributed by atoms with Crippen LogP contribution in [0.1, 0.15) is 26.7 Å². The van der Waals surface area contributed by atoms with Crippen LogP contribution in [0.15, 0.2) is 0 Å². The van der Waals surface area contributed by atoms with E-state index in [0.717, 1.165) is 12.8 Å². The van der Waals surface area contributed by atoms with E-state index in [1.165, 1.54) is 0 Å². The number of hydrogen-bond acceptors (Lipinski definition) is 2. The highest BCUT2D eigenvalue weighted by molar-refractivity contribution is 5.78. The number of carbonyl (C=O) groups excluding carboxylic acids is 1. The first kappa shape index (κ1) is 9.05. The predicted molar refractivity (Wildman–Crippen MR) is 45.1 cm³/mol. The van der Waals surface area contributed by atoms with Gasteiger partial charge in [-0.1, -0.05) is 13.8 Å². The lowest BCUT2D eigenvalue weighted by atomic mass is 9.81. The molecule has 1 saturated carbocycles. The molecule has 1 fully saturated rings. The van der Waals surface area contributed by atoms with Gasteiger partial charge in [0, 0.05) is 12.0 Å². The minimum atomic E-state index is 0.0473. The van der Waals surface area contributed by atoms with Crippen LogP contribution < -0.4 is 5.32 Å². The minimum absolute atomic E-state index is 0.0473. The quantitative estimate of drug-likeness (QED) is 0.667. The van der Waals surface area contributed by atoms with Crippen LogP contribution in [0.3, 0.4) is 0 Å². The summed E-state index contributed by atoms with van der Waals surface area (Å²) in [7, 11) is 0. The van der Waals surface area contributed by atoms with E-state index in [4.69, 9.17) is 5.26 Å². The number of hydrogen-bond donors (Lipinski definition) is 1. The first-order chi connectivity index (χ1) is 5.63. The molecule has 1 aliphatic carbocycles. The van der Waals surface area contributed by atoms with Gasteiger partial charge in [0.2, 0.25) is 5.91 Å². The maximum Gasteiger partial charge on any atom is 0.222 e. The van der Waals surface area contributed by atoms with Crippen LogP contribution in [0.4, 0.5) is 0 Å². The number of nitriles is 1. The highest BCUT2D eigenvalue weighted by Crippen LogP contribution is 2.26. The van der Waals surface area contributed by atoms with E-state index in [0.29, 0.717) is 0 Å². The second-order valence-electron chi connectivity index (χ2n) is 3.66. The summed E-state index contributed by atoms with van der Waals surface area (Å²) in [5, 5.41) is 11.4. The molecule has 0 aromatic heterocycles. The molecule has 0 heterocycles. The van der Waals surface area contributed by atoms with Gasteiger partial charge in [0.05, 0.1) is 12.0 Å². The second kappa shape index (κ2) is 3.57. The molecule has 12 heavy (non-hydrogen) atoms. The van der Waals surface area contributed by atoms with Crippen LogP contribution in [0, 0.1) is 23.2 Å². The highest BCUT2D eigenvalue weighted by Gasteiger charge is 2.30. The number of amides is 1. The van der Waals surface area contributed by atoms with Gasteiger partial charge in [0.1, 0.15) is 0 Å². The van der Waals surface area contributed by atoms with Gasteiger partial charge < -0.3 is 5.32 Å². The van der Waals surface area contributed by atoms with Crippen LogP contribution in [-0.4, -0.2) is 11.9 Å². The lowest BCUT2D eigenvalue weighted by Crippen LogP contribution is -2.45. The largest absolute Gasteiger partial charge is 0.353 e. The summed E-state index contributed by atoms with van der Waals surface area (Å²) in [6, 6.07) is 2.44. The third-order valence-electron chi connectivity index (χ3n) is 2.19. The fourth-order valence-electron chi connectivity index (χ4n) is 1.21. The van der Waals surface area contributed by atoms with Crippen molar-refractivity contribution in [2.24, 2.45) is 11.8 Å². The maximum atomic E-state index is 11.1. The third-order valence-corrected chi connectivity index (χ3v) is 2.19. The molecule has 66 valence electrons. The Morgan fingerprint density at radius 2 is 2.17 bits per heavy atom. The Morgan fingerprint density at radius 1 is 1.58 bits per heavy atom. The van der Waals surface area contributed by atoms with Crippen LogP contribution in [0.25, 0.3) is 0 Å². The zero-order chi connectivity index (χ0) is 9.14. The molecular weight excluding hydrogens is 152 g/mol. The van der Waals surface area contributed by atoms with Gasteiger partial charge in [-0.15, -0.1) is 0 Å². The summed E-state index contributed by atoms with van der Waals surface area (Å²) >= 11 is 0. The summed E-state index contributed by atoms with van der Waals surface area (Å²) in [5.41, 5.74) is 0. The van der Waals surface area contributed by atoms with E-state index in [1.807, 2.05) is 13.8 Å². The number of carbonyl (C=O) groups is 1. The van der Waals surface area contributed by atoms with E-state index in [2.05, 4.69) is 11.4 Å². The van der Waals surface area contributed by atoms with Crippen molar-refractivity contribution in [2.45, 2.75) is 32.7 Å². The molecule has 1 rings (SSSR count). The van der Waals surface area contributed by atoms with Crippen LogP contribution in [0.5, 0.6) is 0 Å². The number of nitrogens with zero attached hydrogens (tertiary/aromatic N) is 1. The van der Waals surface area contributed by atoms with Gasteiger partial charge >= 0.3 is 0 Å².